The Morgan fingerprint density at radius 1 is 1.19 bits per heavy atom. The largest absolute Gasteiger partial charge is 0.385 e. The summed E-state index contributed by atoms with van der Waals surface area (Å²) in [6.45, 7) is 9.22. The molecule has 0 spiro atoms. The number of anilines is 2. The summed E-state index contributed by atoms with van der Waals surface area (Å²) in [5, 5.41) is 5.81. The molecular formula is C20H31N3O3. The van der Waals surface area contributed by atoms with Gasteiger partial charge in [-0.1, -0.05) is 0 Å². The lowest BCUT2D eigenvalue weighted by Gasteiger charge is -2.22. The second-order valence-corrected chi connectivity index (χ2v) is 6.81. The van der Waals surface area contributed by atoms with Crippen LogP contribution in [0.5, 0.6) is 0 Å². The maximum absolute atomic E-state index is 12.7. The number of methoxy groups -OCH3 is 1. The zero-order chi connectivity index (χ0) is 19.2. The van der Waals surface area contributed by atoms with Crippen molar-refractivity contribution in [3.8, 4) is 0 Å². The van der Waals surface area contributed by atoms with E-state index in [0.29, 0.717) is 26.0 Å². The Morgan fingerprint density at radius 3 is 2.42 bits per heavy atom. The first-order chi connectivity index (χ1) is 12.5. The second kappa shape index (κ2) is 9.03. The first-order valence-corrected chi connectivity index (χ1v) is 9.42. The summed E-state index contributed by atoms with van der Waals surface area (Å²) in [4.78, 5) is 27.4. The van der Waals surface area contributed by atoms with Gasteiger partial charge in [-0.3, -0.25) is 9.59 Å². The standard InChI is InChI=1S/C20H31N3O3/c1-5-23(6-2)16-8-9-17(15(3)14-16)22-19(25)20(10-11-20)18(24)21-12-7-13-26-4/h8-9,14H,5-7,10-13H2,1-4H3,(H,21,24)(H,22,25). The van der Waals surface area contributed by atoms with Crippen LogP contribution in [-0.4, -0.2) is 45.2 Å². The van der Waals surface area contributed by atoms with E-state index in [1.54, 1.807) is 7.11 Å². The Kier molecular flexibility index (Phi) is 7.03. The van der Waals surface area contributed by atoms with E-state index in [2.05, 4.69) is 35.4 Å². The second-order valence-electron chi connectivity index (χ2n) is 6.81. The molecular weight excluding hydrogens is 330 g/mol. The van der Waals surface area contributed by atoms with Gasteiger partial charge in [0, 0.05) is 44.7 Å². The maximum atomic E-state index is 12.7. The van der Waals surface area contributed by atoms with E-state index in [1.807, 2.05) is 19.1 Å². The quantitative estimate of drug-likeness (QED) is 0.497. The van der Waals surface area contributed by atoms with Crippen molar-refractivity contribution < 1.29 is 14.3 Å². The molecule has 0 unspecified atom stereocenters. The zero-order valence-corrected chi connectivity index (χ0v) is 16.4. The first kappa shape index (κ1) is 20.2. The summed E-state index contributed by atoms with van der Waals surface area (Å²) < 4.78 is 4.97. The van der Waals surface area contributed by atoms with Crippen LogP contribution in [0.4, 0.5) is 11.4 Å². The Labute approximate surface area is 156 Å². The van der Waals surface area contributed by atoms with Gasteiger partial charge in [-0.15, -0.1) is 0 Å². The molecule has 0 atom stereocenters. The van der Waals surface area contributed by atoms with Crippen molar-refractivity contribution in [1.29, 1.82) is 0 Å². The number of rotatable bonds is 10. The monoisotopic (exact) mass is 361 g/mol. The molecule has 144 valence electrons. The smallest absolute Gasteiger partial charge is 0.240 e. The van der Waals surface area contributed by atoms with Crippen LogP contribution in [0.2, 0.25) is 0 Å². The van der Waals surface area contributed by atoms with Crippen molar-refractivity contribution in [2.24, 2.45) is 5.41 Å². The van der Waals surface area contributed by atoms with Gasteiger partial charge in [0.1, 0.15) is 5.41 Å². The molecule has 6 nitrogen and oxygen atoms in total. The van der Waals surface area contributed by atoms with Gasteiger partial charge >= 0.3 is 0 Å². The normalized spacial score (nSPS) is 14.6. The number of amides is 2. The lowest BCUT2D eigenvalue weighted by molar-refractivity contribution is -0.134. The van der Waals surface area contributed by atoms with Crippen molar-refractivity contribution in [2.45, 2.75) is 40.0 Å². The van der Waals surface area contributed by atoms with Crippen molar-refractivity contribution in [1.82, 2.24) is 5.32 Å². The van der Waals surface area contributed by atoms with Crippen molar-refractivity contribution in [3.63, 3.8) is 0 Å². The number of hydrogen-bond acceptors (Lipinski definition) is 4. The van der Waals surface area contributed by atoms with Crippen LogP contribution in [0.3, 0.4) is 0 Å². The average molecular weight is 361 g/mol. The molecule has 2 N–H and O–H groups in total. The fourth-order valence-corrected chi connectivity index (χ4v) is 3.09. The number of hydrogen-bond donors (Lipinski definition) is 2. The maximum Gasteiger partial charge on any atom is 0.240 e. The highest BCUT2D eigenvalue weighted by Gasteiger charge is 2.56. The molecule has 1 fully saturated rings. The van der Waals surface area contributed by atoms with E-state index >= 15 is 0 Å². The zero-order valence-electron chi connectivity index (χ0n) is 16.4. The number of carbonyl (C=O) groups is 2. The topological polar surface area (TPSA) is 70.7 Å². The van der Waals surface area contributed by atoms with Crippen LogP contribution in [-0.2, 0) is 14.3 Å². The molecule has 0 aromatic heterocycles. The third-order valence-electron chi connectivity index (χ3n) is 5.02. The van der Waals surface area contributed by atoms with E-state index in [0.717, 1.165) is 36.4 Å². The fourth-order valence-electron chi connectivity index (χ4n) is 3.09. The highest BCUT2D eigenvalue weighted by molar-refractivity contribution is 6.13. The number of carbonyl (C=O) groups excluding carboxylic acids is 2. The summed E-state index contributed by atoms with van der Waals surface area (Å²) in [7, 11) is 1.63. The summed E-state index contributed by atoms with van der Waals surface area (Å²) in [6.07, 6.45) is 1.95. The number of nitrogens with one attached hydrogen (secondary N) is 2. The average Bonchev–Trinajstić information content (AvgIpc) is 3.44. The summed E-state index contributed by atoms with van der Waals surface area (Å²) in [5.74, 6) is -0.385. The van der Waals surface area contributed by atoms with Crippen LogP contribution >= 0.6 is 0 Å². The van der Waals surface area contributed by atoms with Gasteiger partial charge in [0.2, 0.25) is 11.8 Å². The Morgan fingerprint density at radius 2 is 1.88 bits per heavy atom. The van der Waals surface area contributed by atoms with E-state index < -0.39 is 5.41 Å². The van der Waals surface area contributed by atoms with Gasteiger partial charge in [0.05, 0.1) is 0 Å². The number of aryl methyl sites for hydroxylation is 1. The third kappa shape index (κ3) is 4.55. The van der Waals surface area contributed by atoms with Crippen molar-refractivity contribution in [2.75, 3.05) is 43.6 Å². The SMILES string of the molecule is CCN(CC)c1ccc(NC(=O)C2(C(=O)NCCCOC)CC2)c(C)c1. The van der Waals surface area contributed by atoms with E-state index in [9.17, 15) is 9.59 Å². The highest BCUT2D eigenvalue weighted by Crippen LogP contribution is 2.47. The molecule has 0 bridgehead atoms. The predicted octanol–water partition coefficient (Wildman–Crippen LogP) is 2.71. The van der Waals surface area contributed by atoms with Crippen molar-refractivity contribution >= 4 is 23.2 Å². The van der Waals surface area contributed by atoms with Crippen molar-refractivity contribution in [3.05, 3.63) is 23.8 Å². The summed E-state index contributed by atoms with van der Waals surface area (Å²) in [5.41, 5.74) is 2.00. The lowest BCUT2D eigenvalue weighted by Crippen LogP contribution is -2.40. The molecule has 1 aliphatic rings. The number of nitrogens with zero attached hydrogens (tertiary/aromatic N) is 1. The van der Waals surface area contributed by atoms with E-state index in [-0.39, 0.29) is 11.8 Å². The van der Waals surface area contributed by atoms with Gasteiger partial charge in [0.15, 0.2) is 0 Å². The molecule has 1 aliphatic carbocycles. The molecule has 0 saturated heterocycles. The first-order valence-electron chi connectivity index (χ1n) is 9.42. The molecule has 6 heteroatoms. The fraction of sp³-hybridized carbons (Fsp3) is 0.600. The Balaban J connectivity index is 1.99. The Hall–Kier alpha value is -2.08. The molecule has 0 aliphatic heterocycles. The van der Waals surface area contributed by atoms with Crippen LogP contribution in [0.15, 0.2) is 18.2 Å². The highest BCUT2D eigenvalue weighted by atomic mass is 16.5. The van der Waals surface area contributed by atoms with Gasteiger partial charge in [0.25, 0.3) is 0 Å². The molecule has 1 aromatic carbocycles. The minimum Gasteiger partial charge on any atom is -0.385 e. The molecule has 1 aromatic rings. The molecule has 0 heterocycles. The molecule has 2 amide bonds. The molecule has 2 rings (SSSR count). The van der Waals surface area contributed by atoms with Crippen LogP contribution in [0.1, 0.15) is 38.7 Å². The molecule has 1 saturated carbocycles. The van der Waals surface area contributed by atoms with E-state index in [1.165, 1.54) is 0 Å². The Bertz CT molecular complexity index is 637. The number of benzene rings is 1. The summed E-state index contributed by atoms with van der Waals surface area (Å²) in [6, 6.07) is 6.01. The predicted molar refractivity (Wildman–Crippen MR) is 105 cm³/mol. The van der Waals surface area contributed by atoms with Gasteiger partial charge in [-0.2, -0.15) is 0 Å². The molecule has 0 radical (unpaired) electrons. The van der Waals surface area contributed by atoms with Gasteiger partial charge < -0.3 is 20.3 Å². The van der Waals surface area contributed by atoms with Gasteiger partial charge in [-0.25, -0.2) is 0 Å². The van der Waals surface area contributed by atoms with E-state index in [4.69, 9.17) is 4.74 Å². The van der Waals surface area contributed by atoms with Gasteiger partial charge in [-0.05, 0) is 63.8 Å². The minimum absolute atomic E-state index is 0.177. The van der Waals surface area contributed by atoms with Crippen LogP contribution in [0.25, 0.3) is 0 Å². The third-order valence-corrected chi connectivity index (χ3v) is 5.02. The molecule has 26 heavy (non-hydrogen) atoms. The van der Waals surface area contributed by atoms with Crippen LogP contribution in [0, 0.1) is 12.3 Å². The van der Waals surface area contributed by atoms with Crippen LogP contribution < -0.4 is 15.5 Å². The number of ether oxygens (including phenoxy) is 1. The summed E-state index contributed by atoms with van der Waals surface area (Å²) >= 11 is 0. The lowest BCUT2D eigenvalue weighted by atomic mass is 10.0. The minimum atomic E-state index is -0.906.